The Balaban J connectivity index is 2.87. The van der Waals surface area contributed by atoms with Gasteiger partial charge >= 0.3 is 5.97 Å². The third kappa shape index (κ3) is 3.81. The second-order valence-electron chi connectivity index (χ2n) is 4.84. The van der Waals surface area contributed by atoms with E-state index in [4.69, 9.17) is 9.63 Å². The molecule has 0 aliphatic heterocycles. The van der Waals surface area contributed by atoms with Crippen LogP contribution in [0.25, 0.3) is 0 Å². The minimum atomic E-state index is -0.934. The lowest BCUT2D eigenvalue weighted by atomic mass is 10.00. The summed E-state index contributed by atoms with van der Waals surface area (Å²) < 4.78 is 5.00. The summed E-state index contributed by atoms with van der Waals surface area (Å²) >= 11 is 0. The molecule has 6 nitrogen and oxygen atoms in total. The van der Waals surface area contributed by atoms with E-state index in [0.29, 0.717) is 23.4 Å². The lowest BCUT2D eigenvalue weighted by Gasteiger charge is -2.20. The minimum absolute atomic E-state index is 0.0327. The molecule has 19 heavy (non-hydrogen) atoms. The molecule has 0 aliphatic carbocycles. The summed E-state index contributed by atoms with van der Waals surface area (Å²) in [7, 11) is 0. The Bertz CT molecular complexity index is 465. The second-order valence-corrected chi connectivity index (χ2v) is 4.84. The highest BCUT2D eigenvalue weighted by Gasteiger charge is 2.24. The summed E-state index contributed by atoms with van der Waals surface area (Å²) in [6.07, 6.45) is 0.487. The van der Waals surface area contributed by atoms with Gasteiger partial charge in [0.2, 0.25) is 0 Å². The molecule has 6 heteroatoms. The summed E-state index contributed by atoms with van der Waals surface area (Å²) in [6, 6.07) is -0.413. The first kappa shape index (κ1) is 15.2. The first-order chi connectivity index (χ1) is 8.86. The molecule has 2 N–H and O–H groups in total. The standard InChI is InChI=1S/C13H20N2O4/c1-5-9-12(8(4)19-15-9)13(18)14-10(7(2)3)6-11(16)17/h7,10H,5-6H2,1-4H3,(H,14,18)(H,16,17). The summed E-state index contributed by atoms with van der Waals surface area (Å²) in [5, 5.41) is 15.4. The number of nitrogens with zero attached hydrogens (tertiary/aromatic N) is 1. The fraction of sp³-hybridized carbons (Fsp3) is 0.615. The summed E-state index contributed by atoms with van der Waals surface area (Å²) in [6.45, 7) is 7.29. The Hall–Kier alpha value is -1.85. The van der Waals surface area contributed by atoms with Crippen LogP contribution in [0, 0.1) is 12.8 Å². The number of hydrogen-bond donors (Lipinski definition) is 2. The third-order valence-corrected chi connectivity index (χ3v) is 3.01. The van der Waals surface area contributed by atoms with E-state index in [-0.39, 0.29) is 18.2 Å². The number of carboxylic acids is 1. The molecular weight excluding hydrogens is 248 g/mol. The van der Waals surface area contributed by atoms with Gasteiger partial charge in [0.15, 0.2) is 0 Å². The quantitative estimate of drug-likeness (QED) is 0.820. The highest BCUT2D eigenvalue weighted by atomic mass is 16.5. The maximum Gasteiger partial charge on any atom is 0.305 e. The van der Waals surface area contributed by atoms with Gasteiger partial charge in [-0.3, -0.25) is 9.59 Å². The van der Waals surface area contributed by atoms with Crippen LogP contribution in [0.2, 0.25) is 0 Å². The van der Waals surface area contributed by atoms with Crippen molar-refractivity contribution in [3.8, 4) is 0 Å². The van der Waals surface area contributed by atoms with Crippen LogP contribution in [0.15, 0.2) is 4.52 Å². The van der Waals surface area contributed by atoms with Crippen molar-refractivity contribution in [3.05, 3.63) is 17.0 Å². The number of aliphatic carboxylic acids is 1. The van der Waals surface area contributed by atoms with Crippen molar-refractivity contribution in [1.82, 2.24) is 10.5 Å². The van der Waals surface area contributed by atoms with E-state index in [1.807, 2.05) is 20.8 Å². The molecule has 1 amide bonds. The van der Waals surface area contributed by atoms with E-state index < -0.39 is 12.0 Å². The first-order valence-electron chi connectivity index (χ1n) is 6.34. The van der Waals surface area contributed by atoms with Crippen molar-refractivity contribution in [1.29, 1.82) is 0 Å². The largest absolute Gasteiger partial charge is 0.481 e. The molecule has 1 rings (SSSR count). The molecule has 1 atom stereocenters. The van der Waals surface area contributed by atoms with Gasteiger partial charge in [0.1, 0.15) is 11.3 Å². The number of carbonyl (C=O) groups excluding carboxylic acids is 1. The number of hydrogen-bond acceptors (Lipinski definition) is 4. The third-order valence-electron chi connectivity index (χ3n) is 3.01. The fourth-order valence-electron chi connectivity index (χ4n) is 1.83. The molecule has 1 heterocycles. The molecule has 1 unspecified atom stereocenters. The Kier molecular flexibility index (Phi) is 5.09. The number of carbonyl (C=O) groups is 2. The van der Waals surface area contributed by atoms with Gasteiger partial charge in [-0.2, -0.15) is 0 Å². The lowest BCUT2D eigenvalue weighted by Crippen LogP contribution is -2.40. The molecule has 0 fully saturated rings. The molecule has 0 aromatic carbocycles. The minimum Gasteiger partial charge on any atom is -0.481 e. The molecule has 0 saturated carbocycles. The van der Waals surface area contributed by atoms with Gasteiger partial charge in [-0.25, -0.2) is 0 Å². The van der Waals surface area contributed by atoms with Crippen molar-refractivity contribution in [2.75, 3.05) is 0 Å². The van der Waals surface area contributed by atoms with Gasteiger partial charge in [-0.1, -0.05) is 25.9 Å². The maximum atomic E-state index is 12.2. The Morgan fingerprint density at radius 3 is 2.53 bits per heavy atom. The maximum absolute atomic E-state index is 12.2. The zero-order chi connectivity index (χ0) is 14.6. The van der Waals surface area contributed by atoms with Crippen LogP contribution < -0.4 is 5.32 Å². The Morgan fingerprint density at radius 2 is 2.05 bits per heavy atom. The lowest BCUT2D eigenvalue weighted by molar-refractivity contribution is -0.137. The molecule has 0 spiro atoms. The van der Waals surface area contributed by atoms with E-state index in [1.165, 1.54) is 0 Å². The van der Waals surface area contributed by atoms with Crippen LogP contribution in [0.4, 0.5) is 0 Å². The predicted molar refractivity (Wildman–Crippen MR) is 69.0 cm³/mol. The Labute approximate surface area is 112 Å². The van der Waals surface area contributed by atoms with Crippen LogP contribution in [0.5, 0.6) is 0 Å². The SMILES string of the molecule is CCc1noc(C)c1C(=O)NC(CC(=O)O)C(C)C. The van der Waals surface area contributed by atoms with Crippen molar-refractivity contribution < 1.29 is 19.2 Å². The average molecular weight is 268 g/mol. The highest BCUT2D eigenvalue weighted by molar-refractivity contribution is 5.96. The van der Waals surface area contributed by atoms with E-state index >= 15 is 0 Å². The number of nitrogens with one attached hydrogen (secondary N) is 1. The number of rotatable bonds is 6. The van der Waals surface area contributed by atoms with Crippen LogP contribution in [0.3, 0.4) is 0 Å². The summed E-state index contributed by atoms with van der Waals surface area (Å²) in [4.78, 5) is 23.0. The second kappa shape index (κ2) is 6.36. The van der Waals surface area contributed by atoms with Gasteiger partial charge in [0.25, 0.3) is 5.91 Å². The number of aryl methyl sites for hydroxylation is 2. The molecule has 0 bridgehead atoms. The average Bonchev–Trinajstić information content (AvgIpc) is 2.68. The zero-order valence-corrected chi connectivity index (χ0v) is 11.7. The summed E-state index contributed by atoms with van der Waals surface area (Å²) in [5.74, 6) is -0.773. The molecule has 0 saturated heterocycles. The number of carboxylic acid groups (broad SMARTS) is 1. The number of aromatic nitrogens is 1. The van der Waals surface area contributed by atoms with Gasteiger partial charge in [0, 0.05) is 6.04 Å². The van der Waals surface area contributed by atoms with Gasteiger partial charge in [-0.15, -0.1) is 0 Å². The van der Waals surface area contributed by atoms with Crippen molar-refractivity contribution in [2.45, 2.75) is 46.6 Å². The Morgan fingerprint density at radius 1 is 1.42 bits per heavy atom. The normalized spacial score (nSPS) is 12.5. The van der Waals surface area contributed by atoms with E-state index in [0.717, 1.165) is 0 Å². The van der Waals surface area contributed by atoms with Crippen LogP contribution >= 0.6 is 0 Å². The molecule has 106 valence electrons. The topological polar surface area (TPSA) is 92.4 Å². The van der Waals surface area contributed by atoms with Crippen LogP contribution in [-0.2, 0) is 11.2 Å². The first-order valence-corrected chi connectivity index (χ1v) is 6.34. The molecular formula is C13H20N2O4. The van der Waals surface area contributed by atoms with E-state index in [2.05, 4.69) is 10.5 Å². The van der Waals surface area contributed by atoms with Gasteiger partial charge < -0.3 is 14.9 Å². The molecule has 0 aliphatic rings. The number of amides is 1. The van der Waals surface area contributed by atoms with Crippen molar-refractivity contribution in [3.63, 3.8) is 0 Å². The van der Waals surface area contributed by atoms with E-state index in [1.54, 1.807) is 6.92 Å². The monoisotopic (exact) mass is 268 g/mol. The molecule has 0 radical (unpaired) electrons. The van der Waals surface area contributed by atoms with Crippen molar-refractivity contribution >= 4 is 11.9 Å². The van der Waals surface area contributed by atoms with Gasteiger partial charge in [-0.05, 0) is 19.3 Å². The molecule has 1 aromatic rings. The summed E-state index contributed by atoms with van der Waals surface area (Å²) in [5.41, 5.74) is 1.01. The van der Waals surface area contributed by atoms with Crippen molar-refractivity contribution in [2.24, 2.45) is 5.92 Å². The fourth-order valence-corrected chi connectivity index (χ4v) is 1.83. The van der Waals surface area contributed by atoms with E-state index in [9.17, 15) is 9.59 Å². The smallest absolute Gasteiger partial charge is 0.305 e. The van der Waals surface area contributed by atoms with Gasteiger partial charge in [0.05, 0.1) is 12.1 Å². The zero-order valence-electron chi connectivity index (χ0n) is 11.7. The highest BCUT2D eigenvalue weighted by Crippen LogP contribution is 2.15. The van der Waals surface area contributed by atoms with Crippen LogP contribution in [-0.4, -0.2) is 28.2 Å². The molecule has 1 aromatic heterocycles. The van der Waals surface area contributed by atoms with Crippen LogP contribution in [0.1, 0.15) is 49.0 Å². The predicted octanol–water partition coefficient (Wildman–Crippen LogP) is 1.77.